The molecular weight excluding hydrogens is 216 g/mol. The summed E-state index contributed by atoms with van der Waals surface area (Å²) in [7, 11) is 0. The van der Waals surface area contributed by atoms with Gasteiger partial charge in [-0.2, -0.15) is 5.26 Å². The molecule has 0 atom stereocenters. The molecule has 2 nitrogen and oxygen atoms in total. The Kier molecular flexibility index (Phi) is 4.14. The van der Waals surface area contributed by atoms with E-state index in [0.717, 1.165) is 16.9 Å². The number of rotatable bonds is 3. The highest BCUT2D eigenvalue weighted by molar-refractivity contribution is 8.02. The molecule has 0 saturated carbocycles. The van der Waals surface area contributed by atoms with Crippen molar-refractivity contribution in [3.05, 3.63) is 34.8 Å². The van der Waals surface area contributed by atoms with Gasteiger partial charge >= 0.3 is 0 Å². The van der Waals surface area contributed by atoms with Crippen molar-refractivity contribution >= 4 is 17.5 Å². The molecule has 0 radical (unpaired) electrons. The van der Waals surface area contributed by atoms with E-state index in [4.69, 9.17) is 10.7 Å². The second kappa shape index (κ2) is 5.18. The predicted octanol–water partition coefficient (Wildman–Crippen LogP) is 3.69. The van der Waals surface area contributed by atoms with E-state index >= 15 is 0 Å². The summed E-state index contributed by atoms with van der Waals surface area (Å²) in [4.78, 5) is 0. The average molecular weight is 232 g/mol. The second-order valence-corrected chi connectivity index (χ2v) is 5.26. The number of nitriles is 1. The van der Waals surface area contributed by atoms with Crippen molar-refractivity contribution in [3.63, 3.8) is 0 Å². The van der Waals surface area contributed by atoms with Crippen molar-refractivity contribution in [2.24, 2.45) is 5.41 Å². The van der Waals surface area contributed by atoms with Crippen LogP contribution in [0, 0.1) is 22.2 Å². The van der Waals surface area contributed by atoms with Gasteiger partial charge in [0, 0.05) is 5.57 Å². The van der Waals surface area contributed by atoms with Gasteiger partial charge in [-0.25, -0.2) is 0 Å². The quantitative estimate of drug-likeness (QED) is 0.806. The van der Waals surface area contributed by atoms with E-state index in [1.54, 1.807) is 17.8 Å². The van der Waals surface area contributed by atoms with E-state index in [-0.39, 0.29) is 0 Å². The average Bonchev–Trinajstić information content (AvgIpc) is 2.27. The standard InChI is InChI=1S/C13H16N2S/c1-4-16-8-10-7-11(5-6-12(10)15)13(2,3)9-14/h5-8,15H,4H2,1-3H3/b10-8+,15-12?. The molecule has 0 fully saturated rings. The van der Waals surface area contributed by atoms with Gasteiger partial charge in [0.15, 0.2) is 0 Å². The molecule has 0 bridgehead atoms. The van der Waals surface area contributed by atoms with Crippen LogP contribution in [0.4, 0.5) is 0 Å². The monoisotopic (exact) mass is 232 g/mol. The molecule has 0 aromatic heterocycles. The Morgan fingerprint density at radius 2 is 2.19 bits per heavy atom. The maximum absolute atomic E-state index is 9.07. The Morgan fingerprint density at radius 1 is 1.50 bits per heavy atom. The Balaban J connectivity index is 3.03. The van der Waals surface area contributed by atoms with Crippen LogP contribution in [-0.2, 0) is 0 Å². The van der Waals surface area contributed by atoms with Crippen molar-refractivity contribution in [3.8, 4) is 6.07 Å². The summed E-state index contributed by atoms with van der Waals surface area (Å²) < 4.78 is 0. The molecule has 84 valence electrons. The maximum Gasteiger partial charge on any atom is 0.0766 e. The minimum absolute atomic E-state index is 0.493. The van der Waals surface area contributed by atoms with Crippen LogP contribution in [0.3, 0.4) is 0 Å². The summed E-state index contributed by atoms with van der Waals surface area (Å²) in [5.74, 6) is 0.991. The lowest BCUT2D eigenvalue weighted by atomic mass is 9.82. The van der Waals surface area contributed by atoms with Gasteiger partial charge in [-0.15, -0.1) is 11.8 Å². The van der Waals surface area contributed by atoms with Gasteiger partial charge in [-0.05, 0) is 42.7 Å². The van der Waals surface area contributed by atoms with Crippen LogP contribution in [0.1, 0.15) is 20.8 Å². The zero-order valence-corrected chi connectivity index (χ0v) is 10.7. The number of hydrogen-bond acceptors (Lipinski definition) is 3. The minimum Gasteiger partial charge on any atom is -0.300 e. The topological polar surface area (TPSA) is 47.6 Å². The van der Waals surface area contributed by atoms with Crippen molar-refractivity contribution in [2.45, 2.75) is 20.8 Å². The van der Waals surface area contributed by atoms with Crippen molar-refractivity contribution in [2.75, 3.05) is 5.75 Å². The molecule has 1 rings (SSSR count). The van der Waals surface area contributed by atoms with Gasteiger partial charge in [-0.3, -0.25) is 0 Å². The SMILES string of the molecule is CCS/C=C1\C=C(C(C)(C)C#N)C=CC1=N. The highest BCUT2D eigenvalue weighted by atomic mass is 32.2. The van der Waals surface area contributed by atoms with E-state index in [1.165, 1.54) is 0 Å². The van der Waals surface area contributed by atoms with E-state index in [2.05, 4.69) is 13.0 Å². The fourth-order valence-electron chi connectivity index (χ4n) is 1.29. The molecule has 1 aliphatic carbocycles. The van der Waals surface area contributed by atoms with Gasteiger partial charge in [-0.1, -0.05) is 13.0 Å². The molecule has 16 heavy (non-hydrogen) atoms. The molecule has 3 heteroatoms. The summed E-state index contributed by atoms with van der Waals surface area (Å²) in [5.41, 5.74) is 1.88. The van der Waals surface area contributed by atoms with E-state index in [1.807, 2.05) is 31.4 Å². The third-order valence-corrected chi connectivity index (χ3v) is 3.18. The van der Waals surface area contributed by atoms with Crippen LogP contribution in [-0.4, -0.2) is 11.5 Å². The summed E-state index contributed by atoms with van der Waals surface area (Å²) >= 11 is 1.67. The largest absolute Gasteiger partial charge is 0.300 e. The summed E-state index contributed by atoms with van der Waals surface area (Å²) in [5, 5.41) is 18.8. The third-order valence-electron chi connectivity index (χ3n) is 2.43. The molecular formula is C13H16N2S. The molecule has 0 heterocycles. The molecule has 0 aliphatic heterocycles. The van der Waals surface area contributed by atoms with E-state index < -0.39 is 5.41 Å². The van der Waals surface area contributed by atoms with Gasteiger partial charge in [0.05, 0.1) is 17.2 Å². The first kappa shape index (κ1) is 12.8. The van der Waals surface area contributed by atoms with Crippen molar-refractivity contribution in [1.82, 2.24) is 0 Å². The fraction of sp³-hybridized carbons (Fsp3) is 0.385. The first-order valence-corrected chi connectivity index (χ1v) is 6.28. The lowest BCUT2D eigenvalue weighted by Gasteiger charge is -2.20. The Morgan fingerprint density at radius 3 is 2.75 bits per heavy atom. The Hall–Kier alpha value is -1.27. The highest BCUT2D eigenvalue weighted by Crippen LogP contribution is 2.30. The summed E-state index contributed by atoms with van der Waals surface area (Å²) in [6.07, 6.45) is 5.56. The first-order chi connectivity index (χ1) is 7.51. The molecule has 0 saturated heterocycles. The van der Waals surface area contributed by atoms with Gasteiger partial charge in [0.1, 0.15) is 0 Å². The molecule has 1 N–H and O–H groups in total. The smallest absolute Gasteiger partial charge is 0.0766 e. The van der Waals surface area contributed by atoms with Crippen molar-refractivity contribution in [1.29, 1.82) is 10.7 Å². The normalized spacial score (nSPS) is 18.5. The Labute approximate surface area is 101 Å². The second-order valence-electron chi connectivity index (χ2n) is 4.11. The van der Waals surface area contributed by atoms with Crippen LogP contribution in [0.2, 0.25) is 0 Å². The molecule has 0 aromatic carbocycles. The fourth-order valence-corrected chi connectivity index (χ4v) is 1.83. The van der Waals surface area contributed by atoms with Gasteiger partial charge in [0.25, 0.3) is 0 Å². The third kappa shape index (κ3) is 2.86. The number of thioether (sulfide) groups is 1. The Bertz CT molecular complexity index is 420. The lowest BCUT2D eigenvalue weighted by Crippen LogP contribution is -2.14. The number of allylic oxidation sites excluding steroid dienone is 5. The van der Waals surface area contributed by atoms with Crippen molar-refractivity contribution < 1.29 is 0 Å². The van der Waals surface area contributed by atoms with Gasteiger partial charge in [0.2, 0.25) is 0 Å². The van der Waals surface area contributed by atoms with Crippen LogP contribution >= 0.6 is 11.8 Å². The number of nitrogens with one attached hydrogen (secondary N) is 1. The molecule has 0 unspecified atom stereocenters. The van der Waals surface area contributed by atoms with Gasteiger partial charge < -0.3 is 5.41 Å². The van der Waals surface area contributed by atoms with E-state index in [9.17, 15) is 0 Å². The molecule has 0 aromatic rings. The summed E-state index contributed by atoms with van der Waals surface area (Å²) in [6, 6.07) is 2.28. The van der Waals surface area contributed by atoms with Crippen LogP contribution in [0.25, 0.3) is 0 Å². The zero-order valence-electron chi connectivity index (χ0n) is 9.87. The minimum atomic E-state index is -0.493. The highest BCUT2D eigenvalue weighted by Gasteiger charge is 2.23. The zero-order chi connectivity index (χ0) is 12.2. The summed E-state index contributed by atoms with van der Waals surface area (Å²) in [6.45, 7) is 5.86. The van der Waals surface area contributed by atoms with Crippen LogP contribution < -0.4 is 0 Å². The first-order valence-electron chi connectivity index (χ1n) is 5.23. The van der Waals surface area contributed by atoms with E-state index in [0.29, 0.717) is 5.71 Å². The van der Waals surface area contributed by atoms with Crippen LogP contribution in [0.15, 0.2) is 34.8 Å². The predicted molar refractivity (Wildman–Crippen MR) is 70.6 cm³/mol. The molecule has 1 aliphatic rings. The lowest BCUT2D eigenvalue weighted by molar-refractivity contribution is 0.612. The number of hydrogen-bond donors (Lipinski definition) is 1. The number of nitrogens with zero attached hydrogens (tertiary/aromatic N) is 1. The van der Waals surface area contributed by atoms with Crippen LogP contribution in [0.5, 0.6) is 0 Å². The molecule has 0 spiro atoms. The maximum atomic E-state index is 9.07. The molecule has 0 amide bonds.